The molecule has 0 fully saturated rings. The van der Waals surface area contributed by atoms with Gasteiger partial charge in [-0.25, -0.2) is 8.42 Å². The SMILES string of the molecule is CN1C=CN(CCCS(=O)(=O)O)C1.CN1C=CN(CCCS(=O)(=O)[O-])C1.O=S(=O)(O)C(F)(F)F. The zero-order valence-corrected chi connectivity index (χ0v) is 20.8. The molecule has 0 atom stereocenters. The van der Waals surface area contributed by atoms with Crippen molar-refractivity contribution in [2.75, 3.05) is 52.0 Å². The summed E-state index contributed by atoms with van der Waals surface area (Å²) in [4.78, 5) is 7.93. The Morgan fingerprint density at radius 3 is 1.38 bits per heavy atom. The maximum Gasteiger partial charge on any atom is 0.522 e. The van der Waals surface area contributed by atoms with E-state index in [9.17, 15) is 34.6 Å². The molecular formula is C15H28F3N4O9S3-. The highest BCUT2D eigenvalue weighted by Gasteiger charge is 2.44. The van der Waals surface area contributed by atoms with Crippen LogP contribution < -0.4 is 0 Å². The van der Waals surface area contributed by atoms with Crippen LogP contribution in [0, 0.1) is 0 Å². The van der Waals surface area contributed by atoms with Crippen LogP contribution >= 0.6 is 0 Å². The highest BCUT2D eigenvalue weighted by Crippen LogP contribution is 2.20. The minimum Gasteiger partial charge on any atom is -0.748 e. The van der Waals surface area contributed by atoms with Crippen molar-refractivity contribution in [3.8, 4) is 0 Å². The van der Waals surface area contributed by atoms with Crippen LogP contribution in [0.5, 0.6) is 0 Å². The van der Waals surface area contributed by atoms with Gasteiger partial charge in [0.1, 0.15) is 0 Å². The molecule has 0 aliphatic carbocycles. The smallest absolute Gasteiger partial charge is 0.522 e. The Morgan fingerprint density at radius 2 is 1.15 bits per heavy atom. The predicted molar refractivity (Wildman–Crippen MR) is 115 cm³/mol. The maximum absolute atomic E-state index is 10.7. The van der Waals surface area contributed by atoms with E-state index in [2.05, 4.69) is 0 Å². The van der Waals surface area contributed by atoms with Gasteiger partial charge in [-0.2, -0.15) is 30.0 Å². The maximum atomic E-state index is 10.7. The van der Waals surface area contributed by atoms with Crippen molar-refractivity contribution in [2.45, 2.75) is 18.3 Å². The molecule has 2 rings (SSSR count). The summed E-state index contributed by atoms with van der Waals surface area (Å²) >= 11 is 0. The average Bonchev–Trinajstić information content (AvgIpc) is 3.20. The van der Waals surface area contributed by atoms with Crippen LogP contribution in [0.15, 0.2) is 24.8 Å². The first-order chi connectivity index (χ1) is 15.2. The van der Waals surface area contributed by atoms with E-state index in [1.165, 1.54) is 0 Å². The van der Waals surface area contributed by atoms with Crippen LogP contribution in [0.1, 0.15) is 12.8 Å². The van der Waals surface area contributed by atoms with E-state index in [4.69, 9.17) is 17.5 Å². The fraction of sp³-hybridized carbons (Fsp3) is 0.733. The van der Waals surface area contributed by atoms with Gasteiger partial charge in [0, 0.05) is 57.7 Å². The monoisotopic (exact) mass is 561 g/mol. The summed E-state index contributed by atoms with van der Waals surface area (Å²) in [6, 6.07) is 0. The molecule has 0 aromatic heterocycles. The molecule has 0 spiro atoms. The number of hydrogen-bond donors (Lipinski definition) is 2. The van der Waals surface area contributed by atoms with Crippen molar-refractivity contribution < 1.29 is 52.1 Å². The van der Waals surface area contributed by atoms with Gasteiger partial charge in [-0.3, -0.25) is 9.11 Å². The molecule has 0 aromatic carbocycles. The van der Waals surface area contributed by atoms with Gasteiger partial charge in [-0.15, -0.1) is 0 Å². The van der Waals surface area contributed by atoms with E-state index in [1.54, 1.807) is 0 Å². The lowest BCUT2D eigenvalue weighted by Gasteiger charge is -2.18. The Bertz CT molecular complexity index is 940. The lowest BCUT2D eigenvalue weighted by Crippen LogP contribution is -2.24. The van der Waals surface area contributed by atoms with E-state index >= 15 is 0 Å². The average molecular weight is 562 g/mol. The molecule has 0 bridgehead atoms. The molecule has 2 N–H and O–H groups in total. The van der Waals surface area contributed by atoms with E-state index in [-0.39, 0.29) is 11.5 Å². The fourth-order valence-electron chi connectivity index (χ4n) is 2.36. The molecule has 0 saturated carbocycles. The number of alkyl halides is 3. The standard InChI is InChI=1S/2C7H14N2O3S.CHF3O3S/c2*1-8-4-5-9(7-8)3-2-6-13(10,11)12;2-1(3,4)8(5,6)7/h2*4-5H,2-3,6-7H2,1H3,(H,10,11,12);(H,5,6,7)/p-1. The van der Waals surface area contributed by atoms with Crippen molar-refractivity contribution in [1.82, 2.24) is 19.6 Å². The van der Waals surface area contributed by atoms with E-state index < -0.39 is 35.9 Å². The second-order valence-corrected chi connectivity index (χ2v) is 11.7. The van der Waals surface area contributed by atoms with Crippen LogP contribution in [-0.2, 0) is 30.4 Å². The molecule has 2 aliphatic rings. The minimum atomic E-state index is -5.84. The van der Waals surface area contributed by atoms with Crippen molar-refractivity contribution in [3.63, 3.8) is 0 Å². The van der Waals surface area contributed by atoms with Crippen LogP contribution in [0.2, 0.25) is 0 Å². The van der Waals surface area contributed by atoms with Gasteiger partial charge in [-0.05, 0) is 12.8 Å². The lowest BCUT2D eigenvalue weighted by atomic mass is 10.4. The van der Waals surface area contributed by atoms with Crippen LogP contribution in [0.3, 0.4) is 0 Å². The highest BCUT2D eigenvalue weighted by atomic mass is 32.2. The summed E-state index contributed by atoms with van der Waals surface area (Å²) in [5.74, 6) is -0.442. The normalized spacial score (nSPS) is 16.4. The molecule has 0 saturated heterocycles. The summed E-state index contributed by atoms with van der Waals surface area (Å²) in [5, 5.41) is 0. The predicted octanol–water partition coefficient (Wildman–Crippen LogP) is -0.0678. The van der Waals surface area contributed by atoms with Gasteiger partial charge in [0.25, 0.3) is 10.1 Å². The highest BCUT2D eigenvalue weighted by molar-refractivity contribution is 7.86. The Morgan fingerprint density at radius 1 is 0.794 bits per heavy atom. The lowest BCUT2D eigenvalue weighted by molar-refractivity contribution is -0.0510. The van der Waals surface area contributed by atoms with Crippen molar-refractivity contribution in [2.24, 2.45) is 0 Å². The molecule has 34 heavy (non-hydrogen) atoms. The largest absolute Gasteiger partial charge is 0.748 e. The Labute approximate surface area is 197 Å². The van der Waals surface area contributed by atoms with E-state index in [0.29, 0.717) is 25.9 Å². The number of halogens is 3. The molecule has 2 aliphatic heterocycles. The zero-order chi connectivity index (χ0) is 26.8. The fourth-order valence-corrected chi connectivity index (χ4v) is 3.34. The molecule has 13 nitrogen and oxygen atoms in total. The van der Waals surface area contributed by atoms with Gasteiger partial charge in [0.2, 0.25) is 0 Å². The third-order valence-electron chi connectivity index (χ3n) is 3.85. The molecule has 202 valence electrons. The number of nitrogens with zero attached hydrogens (tertiary/aromatic N) is 4. The minimum absolute atomic E-state index is 0.166. The third-order valence-corrected chi connectivity index (χ3v) is 6.03. The van der Waals surface area contributed by atoms with Crippen LogP contribution in [-0.4, -0.2) is 116 Å². The summed E-state index contributed by atoms with van der Waals surface area (Å²) < 4.78 is 118. The first-order valence-electron chi connectivity index (χ1n) is 9.37. The quantitative estimate of drug-likeness (QED) is 0.297. The molecule has 19 heteroatoms. The Balaban J connectivity index is 0.000000497. The van der Waals surface area contributed by atoms with Crippen molar-refractivity contribution >= 4 is 30.4 Å². The third kappa shape index (κ3) is 16.8. The Hall–Kier alpha value is -1.80. The second-order valence-electron chi connectivity index (χ2n) is 7.19. The van der Waals surface area contributed by atoms with Crippen LogP contribution in [0.4, 0.5) is 13.2 Å². The van der Waals surface area contributed by atoms with Crippen LogP contribution in [0.25, 0.3) is 0 Å². The molecule has 0 radical (unpaired) electrons. The summed E-state index contributed by atoms with van der Waals surface area (Å²) in [6.45, 7) is 2.81. The first-order valence-corrected chi connectivity index (χ1v) is 14.0. The van der Waals surface area contributed by atoms with E-state index in [1.807, 2.05) is 58.5 Å². The zero-order valence-electron chi connectivity index (χ0n) is 18.4. The van der Waals surface area contributed by atoms with Gasteiger partial charge >= 0.3 is 15.6 Å². The van der Waals surface area contributed by atoms with Crippen molar-refractivity contribution in [1.29, 1.82) is 0 Å². The number of rotatable bonds is 8. The second kappa shape index (κ2) is 13.3. The summed E-state index contributed by atoms with van der Waals surface area (Å²) in [7, 11) is -9.80. The summed E-state index contributed by atoms with van der Waals surface area (Å²) in [5.41, 5.74) is -5.53. The van der Waals surface area contributed by atoms with Gasteiger partial charge in [0.05, 0.1) is 29.2 Å². The van der Waals surface area contributed by atoms with Crippen molar-refractivity contribution in [3.05, 3.63) is 24.8 Å². The van der Waals surface area contributed by atoms with E-state index in [0.717, 1.165) is 13.3 Å². The molecule has 0 unspecified atom stereocenters. The topological polar surface area (TPSA) is 179 Å². The van der Waals surface area contributed by atoms with Gasteiger partial charge in [-0.1, -0.05) is 0 Å². The molecule has 0 aromatic rings. The van der Waals surface area contributed by atoms with Gasteiger partial charge in [0.15, 0.2) is 0 Å². The summed E-state index contributed by atoms with van der Waals surface area (Å²) in [6.07, 6.45) is 8.47. The molecule has 2 heterocycles. The molecular weight excluding hydrogens is 533 g/mol. The number of hydrogen-bond acceptors (Lipinski definition) is 11. The Kier molecular flexibility index (Phi) is 12.6. The molecule has 0 amide bonds. The van der Waals surface area contributed by atoms with Gasteiger partial charge < -0.3 is 24.2 Å². The first kappa shape index (κ1) is 32.2.